The minimum Gasteiger partial charge on any atom is -0.399 e. The minimum absolute atomic E-state index is 0.0447. The van der Waals surface area contributed by atoms with Crippen LogP contribution in [0.25, 0.3) is 10.9 Å². The summed E-state index contributed by atoms with van der Waals surface area (Å²) >= 11 is 0. The van der Waals surface area contributed by atoms with Crippen LogP contribution < -0.4 is 11.1 Å². The Labute approximate surface area is 117 Å². The average molecular weight is 290 g/mol. The van der Waals surface area contributed by atoms with Gasteiger partial charge in [-0.2, -0.15) is 0 Å². The normalized spacial score (nSPS) is 10.8. The number of hydrogen-bond donors (Lipinski definition) is 2. The first-order valence-corrected chi connectivity index (χ1v) is 5.96. The molecule has 3 rings (SSSR count). The van der Waals surface area contributed by atoms with Gasteiger partial charge in [0.15, 0.2) is 17.5 Å². The van der Waals surface area contributed by atoms with Crippen LogP contribution in [0.5, 0.6) is 0 Å². The topological polar surface area (TPSA) is 63.8 Å². The molecule has 106 valence electrons. The maximum Gasteiger partial charge on any atom is 0.194 e. The minimum atomic E-state index is -1.51. The molecule has 4 nitrogen and oxygen atoms in total. The molecule has 0 saturated heterocycles. The van der Waals surface area contributed by atoms with Crippen molar-refractivity contribution in [2.45, 2.75) is 0 Å². The summed E-state index contributed by atoms with van der Waals surface area (Å²) in [7, 11) is 0. The third-order valence-electron chi connectivity index (χ3n) is 2.91. The molecule has 3 aromatic rings. The SMILES string of the molecule is Nc1ccc2c(Nc3cc(F)c(F)c(F)c3)ncnc2c1. The molecule has 21 heavy (non-hydrogen) atoms. The van der Waals surface area contributed by atoms with E-state index < -0.39 is 17.5 Å². The molecule has 0 aliphatic carbocycles. The van der Waals surface area contributed by atoms with E-state index in [4.69, 9.17) is 5.73 Å². The van der Waals surface area contributed by atoms with Gasteiger partial charge in [0, 0.05) is 28.9 Å². The predicted molar refractivity (Wildman–Crippen MR) is 73.5 cm³/mol. The zero-order chi connectivity index (χ0) is 15.0. The second-order valence-corrected chi connectivity index (χ2v) is 4.38. The van der Waals surface area contributed by atoms with Crippen molar-refractivity contribution < 1.29 is 13.2 Å². The van der Waals surface area contributed by atoms with Gasteiger partial charge in [-0.05, 0) is 18.2 Å². The Morgan fingerprint density at radius 2 is 1.67 bits per heavy atom. The third kappa shape index (κ3) is 2.45. The van der Waals surface area contributed by atoms with E-state index in [1.165, 1.54) is 6.33 Å². The van der Waals surface area contributed by atoms with Crippen molar-refractivity contribution >= 4 is 28.1 Å². The first-order chi connectivity index (χ1) is 10.0. The summed E-state index contributed by atoms with van der Waals surface area (Å²) in [6.07, 6.45) is 1.29. The van der Waals surface area contributed by atoms with Gasteiger partial charge >= 0.3 is 0 Å². The quantitative estimate of drug-likeness (QED) is 0.561. The molecule has 0 aliphatic rings. The van der Waals surface area contributed by atoms with E-state index in [-0.39, 0.29) is 5.69 Å². The summed E-state index contributed by atoms with van der Waals surface area (Å²) in [5, 5.41) is 3.36. The van der Waals surface area contributed by atoms with Gasteiger partial charge in [0.25, 0.3) is 0 Å². The number of anilines is 3. The van der Waals surface area contributed by atoms with Crippen molar-refractivity contribution in [1.29, 1.82) is 0 Å². The number of halogens is 3. The maximum absolute atomic E-state index is 13.2. The zero-order valence-corrected chi connectivity index (χ0v) is 10.6. The van der Waals surface area contributed by atoms with Crippen LogP contribution in [-0.2, 0) is 0 Å². The standard InChI is InChI=1S/C14H9F3N4/c15-10-4-8(5-11(16)13(10)17)21-14-9-2-1-7(18)3-12(9)19-6-20-14/h1-6H,18H2,(H,19,20,21). The maximum atomic E-state index is 13.2. The second kappa shape index (κ2) is 4.93. The number of rotatable bonds is 2. The van der Waals surface area contributed by atoms with E-state index >= 15 is 0 Å². The monoisotopic (exact) mass is 290 g/mol. The van der Waals surface area contributed by atoms with Crippen molar-refractivity contribution in [3.8, 4) is 0 Å². The van der Waals surface area contributed by atoms with E-state index in [9.17, 15) is 13.2 Å². The van der Waals surface area contributed by atoms with Crippen LogP contribution >= 0.6 is 0 Å². The molecular formula is C14H9F3N4. The van der Waals surface area contributed by atoms with E-state index in [1.54, 1.807) is 18.2 Å². The number of fused-ring (bicyclic) bond motifs is 1. The van der Waals surface area contributed by atoms with E-state index in [1.807, 2.05) is 0 Å². The predicted octanol–water partition coefficient (Wildman–Crippen LogP) is 3.37. The Balaban J connectivity index is 2.06. The van der Waals surface area contributed by atoms with E-state index in [2.05, 4.69) is 15.3 Å². The lowest BCUT2D eigenvalue weighted by atomic mass is 10.2. The van der Waals surface area contributed by atoms with Crippen LogP contribution in [0.4, 0.5) is 30.4 Å². The fourth-order valence-electron chi connectivity index (χ4n) is 1.94. The van der Waals surface area contributed by atoms with Crippen LogP contribution in [0.15, 0.2) is 36.7 Å². The molecule has 0 aliphatic heterocycles. The lowest BCUT2D eigenvalue weighted by Gasteiger charge is -2.09. The summed E-state index contributed by atoms with van der Waals surface area (Å²) in [5.74, 6) is -3.73. The number of nitrogens with one attached hydrogen (secondary N) is 1. The molecule has 0 amide bonds. The number of benzene rings is 2. The average Bonchev–Trinajstić information content (AvgIpc) is 2.44. The summed E-state index contributed by atoms with van der Waals surface area (Å²) in [5.41, 5.74) is 6.82. The highest BCUT2D eigenvalue weighted by Crippen LogP contribution is 2.26. The summed E-state index contributed by atoms with van der Waals surface area (Å²) < 4.78 is 39.3. The van der Waals surface area contributed by atoms with Gasteiger partial charge in [0.05, 0.1) is 5.52 Å². The second-order valence-electron chi connectivity index (χ2n) is 4.38. The fourth-order valence-corrected chi connectivity index (χ4v) is 1.94. The largest absolute Gasteiger partial charge is 0.399 e. The molecule has 0 spiro atoms. The molecule has 3 N–H and O–H groups in total. The van der Waals surface area contributed by atoms with Crippen molar-refractivity contribution in [3.63, 3.8) is 0 Å². The van der Waals surface area contributed by atoms with Crippen LogP contribution in [0.2, 0.25) is 0 Å². The summed E-state index contributed by atoms with van der Waals surface area (Å²) in [4.78, 5) is 8.07. The molecular weight excluding hydrogens is 281 g/mol. The lowest BCUT2D eigenvalue weighted by molar-refractivity contribution is 0.448. The first-order valence-electron chi connectivity index (χ1n) is 5.96. The van der Waals surface area contributed by atoms with Gasteiger partial charge in [-0.3, -0.25) is 0 Å². The highest BCUT2D eigenvalue weighted by atomic mass is 19.2. The van der Waals surface area contributed by atoms with Gasteiger partial charge in [-0.1, -0.05) is 0 Å². The number of nitrogens with zero attached hydrogens (tertiary/aromatic N) is 2. The Hall–Kier alpha value is -2.83. The third-order valence-corrected chi connectivity index (χ3v) is 2.91. The van der Waals surface area contributed by atoms with Gasteiger partial charge < -0.3 is 11.1 Å². The van der Waals surface area contributed by atoms with Gasteiger partial charge in [-0.25, -0.2) is 23.1 Å². The highest BCUT2D eigenvalue weighted by molar-refractivity contribution is 5.92. The van der Waals surface area contributed by atoms with Crippen LogP contribution in [0, 0.1) is 17.5 Å². The van der Waals surface area contributed by atoms with Gasteiger partial charge in [0.1, 0.15) is 12.1 Å². The number of aromatic nitrogens is 2. The Bertz CT molecular complexity index is 813. The number of nitrogens with two attached hydrogens (primary N) is 1. The van der Waals surface area contributed by atoms with Crippen molar-refractivity contribution in [1.82, 2.24) is 9.97 Å². The molecule has 1 heterocycles. The smallest absolute Gasteiger partial charge is 0.194 e. The molecule has 1 aromatic heterocycles. The van der Waals surface area contributed by atoms with Crippen LogP contribution in [-0.4, -0.2) is 9.97 Å². The molecule has 0 saturated carbocycles. The van der Waals surface area contributed by atoms with Gasteiger partial charge in [-0.15, -0.1) is 0 Å². The molecule has 0 fully saturated rings. The number of hydrogen-bond acceptors (Lipinski definition) is 4. The zero-order valence-electron chi connectivity index (χ0n) is 10.6. The Kier molecular flexibility index (Phi) is 3.09. The molecule has 2 aromatic carbocycles. The summed E-state index contributed by atoms with van der Waals surface area (Å²) in [6.45, 7) is 0. The molecule has 0 atom stereocenters. The Morgan fingerprint density at radius 1 is 0.952 bits per heavy atom. The van der Waals surface area contributed by atoms with Crippen LogP contribution in [0.3, 0.4) is 0 Å². The fraction of sp³-hybridized carbons (Fsp3) is 0. The molecule has 0 bridgehead atoms. The van der Waals surface area contributed by atoms with Gasteiger partial charge in [0.2, 0.25) is 0 Å². The molecule has 7 heteroatoms. The van der Waals surface area contributed by atoms with Crippen molar-refractivity contribution in [3.05, 3.63) is 54.1 Å². The summed E-state index contributed by atoms with van der Waals surface area (Å²) in [6, 6.07) is 6.69. The first kappa shape index (κ1) is 13.2. The van der Waals surface area contributed by atoms with Crippen LogP contribution in [0.1, 0.15) is 0 Å². The van der Waals surface area contributed by atoms with E-state index in [0.29, 0.717) is 22.4 Å². The van der Waals surface area contributed by atoms with E-state index in [0.717, 1.165) is 12.1 Å². The number of nitrogen functional groups attached to an aromatic ring is 1. The lowest BCUT2D eigenvalue weighted by Crippen LogP contribution is -1.99. The van der Waals surface area contributed by atoms with Crippen molar-refractivity contribution in [2.24, 2.45) is 0 Å². The molecule has 0 radical (unpaired) electrons. The molecule has 0 unspecified atom stereocenters. The van der Waals surface area contributed by atoms with Crippen molar-refractivity contribution in [2.75, 3.05) is 11.1 Å². The Morgan fingerprint density at radius 3 is 2.38 bits per heavy atom. The highest BCUT2D eigenvalue weighted by Gasteiger charge is 2.12.